The van der Waals surface area contributed by atoms with Crippen molar-refractivity contribution in [2.45, 2.75) is 52.6 Å². The predicted molar refractivity (Wildman–Crippen MR) is 79.4 cm³/mol. The van der Waals surface area contributed by atoms with Gasteiger partial charge in [0.05, 0.1) is 0 Å². The summed E-state index contributed by atoms with van der Waals surface area (Å²) >= 11 is 0. The van der Waals surface area contributed by atoms with E-state index in [-0.39, 0.29) is 0 Å². The van der Waals surface area contributed by atoms with Crippen molar-refractivity contribution < 1.29 is 0 Å². The Morgan fingerprint density at radius 1 is 1.11 bits per heavy atom. The van der Waals surface area contributed by atoms with Crippen molar-refractivity contribution in [1.82, 2.24) is 5.32 Å². The Hall–Kier alpha value is -1.02. The molecule has 18 heavy (non-hydrogen) atoms. The van der Waals surface area contributed by atoms with E-state index >= 15 is 0 Å². The van der Waals surface area contributed by atoms with E-state index in [0.717, 1.165) is 13.1 Å². The summed E-state index contributed by atoms with van der Waals surface area (Å²) in [5.41, 5.74) is 4.14. The fourth-order valence-corrected chi connectivity index (χ4v) is 2.93. The highest BCUT2D eigenvalue weighted by Crippen LogP contribution is 2.24. The molecule has 100 valence electrons. The molecule has 1 aliphatic rings. The predicted octanol–water partition coefficient (Wildman–Crippen LogP) is 3.27. The van der Waals surface area contributed by atoms with Gasteiger partial charge < -0.3 is 10.2 Å². The molecule has 1 heterocycles. The molecule has 2 atom stereocenters. The molecule has 0 aliphatic carbocycles. The maximum Gasteiger partial charge on any atom is 0.0412 e. The molecule has 1 fully saturated rings. The summed E-state index contributed by atoms with van der Waals surface area (Å²) in [6.07, 6.45) is 2.41. The first-order valence-corrected chi connectivity index (χ1v) is 7.22. The van der Waals surface area contributed by atoms with E-state index in [9.17, 15) is 0 Å². The lowest BCUT2D eigenvalue weighted by Gasteiger charge is -2.41. The van der Waals surface area contributed by atoms with Gasteiger partial charge in [-0.25, -0.2) is 0 Å². The van der Waals surface area contributed by atoms with Crippen LogP contribution in [0.3, 0.4) is 0 Å². The van der Waals surface area contributed by atoms with Crippen molar-refractivity contribution in [1.29, 1.82) is 0 Å². The van der Waals surface area contributed by atoms with Crippen LogP contribution >= 0.6 is 0 Å². The molecule has 2 heteroatoms. The number of aryl methyl sites for hydroxylation is 2. The van der Waals surface area contributed by atoms with Crippen molar-refractivity contribution in [2.75, 3.05) is 18.0 Å². The molecule has 0 saturated carbocycles. The summed E-state index contributed by atoms with van der Waals surface area (Å²) < 4.78 is 0. The zero-order valence-corrected chi connectivity index (χ0v) is 12.2. The maximum absolute atomic E-state index is 3.66. The Bertz CT molecular complexity index is 380. The molecule has 0 bridgehead atoms. The number of hydrogen-bond acceptors (Lipinski definition) is 2. The number of nitrogens with one attached hydrogen (secondary N) is 1. The zero-order valence-electron chi connectivity index (χ0n) is 12.2. The highest BCUT2D eigenvalue weighted by atomic mass is 15.2. The van der Waals surface area contributed by atoms with Crippen LogP contribution in [-0.4, -0.2) is 25.2 Å². The van der Waals surface area contributed by atoms with E-state index in [1.54, 1.807) is 0 Å². The van der Waals surface area contributed by atoms with Crippen LogP contribution in [0.4, 0.5) is 5.69 Å². The molecule has 0 spiro atoms. The lowest BCUT2D eigenvalue weighted by molar-refractivity contribution is 0.379. The largest absolute Gasteiger partial charge is 0.366 e. The van der Waals surface area contributed by atoms with Gasteiger partial charge in [0.25, 0.3) is 0 Å². The minimum atomic E-state index is 0.633. The summed E-state index contributed by atoms with van der Waals surface area (Å²) in [6, 6.07) is 8.17. The van der Waals surface area contributed by atoms with Crippen LogP contribution in [0.25, 0.3) is 0 Å². The minimum absolute atomic E-state index is 0.633. The Kier molecular flexibility index (Phi) is 4.28. The first-order chi connectivity index (χ1) is 8.63. The van der Waals surface area contributed by atoms with Crippen molar-refractivity contribution in [3.8, 4) is 0 Å². The quantitative estimate of drug-likeness (QED) is 0.880. The highest BCUT2D eigenvalue weighted by molar-refractivity contribution is 5.52. The van der Waals surface area contributed by atoms with Gasteiger partial charge >= 0.3 is 0 Å². The van der Waals surface area contributed by atoms with Crippen LogP contribution in [0, 0.1) is 13.8 Å². The number of piperazine rings is 1. The van der Waals surface area contributed by atoms with Gasteiger partial charge in [0.1, 0.15) is 0 Å². The second-order valence-corrected chi connectivity index (χ2v) is 5.57. The van der Waals surface area contributed by atoms with Crippen LogP contribution in [0.1, 0.15) is 37.8 Å². The summed E-state index contributed by atoms with van der Waals surface area (Å²) in [4.78, 5) is 2.60. The average Bonchev–Trinajstić information content (AvgIpc) is 2.36. The summed E-state index contributed by atoms with van der Waals surface area (Å²) in [6.45, 7) is 11.2. The third-order valence-corrected chi connectivity index (χ3v) is 4.00. The van der Waals surface area contributed by atoms with Crippen molar-refractivity contribution in [3.63, 3.8) is 0 Å². The minimum Gasteiger partial charge on any atom is -0.366 e. The van der Waals surface area contributed by atoms with Gasteiger partial charge in [0.15, 0.2) is 0 Å². The lowest BCUT2D eigenvalue weighted by Crippen LogP contribution is -2.56. The standard InChI is InChI=1S/C16H26N2/c1-5-14-11-18(15(6-2)10-17-14)16-8-12(3)7-13(4)9-16/h7-9,14-15,17H,5-6,10-11H2,1-4H3. The molecule has 1 N–H and O–H groups in total. The first-order valence-electron chi connectivity index (χ1n) is 7.22. The fourth-order valence-electron chi connectivity index (χ4n) is 2.93. The molecule has 1 aromatic carbocycles. The third kappa shape index (κ3) is 2.86. The molecule has 2 unspecified atom stereocenters. The Morgan fingerprint density at radius 2 is 1.78 bits per heavy atom. The SMILES string of the molecule is CCC1CN(c2cc(C)cc(C)c2)C(CC)CN1. The number of rotatable bonds is 3. The van der Waals surface area contributed by atoms with E-state index in [4.69, 9.17) is 0 Å². The smallest absolute Gasteiger partial charge is 0.0412 e. The Labute approximate surface area is 111 Å². The van der Waals surface area contributed by atoms with Gasteiger partial charge in [-0.1, -0.05) is 19.9 Å². The van der Waals surface area contributed by atoms with E-state index < -0.39 is 0 Å². The first kappa shape index (κ1) is 13.4. The monoisotopic (exact) mass is 246 g/mol. The van der Waals surface area contributed by atoms with Gasteiger partial charge in [-0.2, -0.15) is 0 Å². The molecular formula is C16H26N2. The fraction of sp³-hybridized carbons (Fsp3) is 0.625. The van der Waals surface area contributed by atoms with E-state index in [1.165, 1.54) is 29.7 Å². The second-order valence-electron chi connectivity index (χ2n) is 5.57. The normalized spacial score (nSPS) is 24.3. The number of anilines is 1. The molecule has 0 radical (unpaired) electrons. The van der Waals surface area contributed by atoms with Crippen molar-refractivity contribution >= 4 is 5.69 Å². The van der Waals surface area contributed by atoms with Crippen LogP contribution in [0.5, 0.6) is 0 Å². The van der Waals surface area contributed by atoms with Gasteiger partial charge in [-0.15, -0.1) is 0 Å². The van der Waals surface area contributed by atoms with Crippen molar-refractivity contribution in [2.24, 2.45) is 0 Å². The van der Waals surface area contributed by atoms with Gasteiger partial charge in [0.2, 0.25) is 0 Å². The topological polar surface area (TPSA) is 15.3 Å². The third-order valence-electron chi connectivity index (χ3n) is 4.00. The Morgan fingerprint density at radius 3 is 2.33 bits per heavy atom. The number of nitrogens with zero attached hydrogens (tertiary/aromatic N) is 1. The van der Waals surface area contributed by atoms with Crippen LogP contribution in [-0.2, 0) is 0 Å². The van der Waals surface area contributed by atoms with Crippen LogP contribution < -0.4 is 10.2 Å². The van der Waals surface area contributed by atoms with Crippen LogP contribution in [0.15, 0.2) is 18.2 Å². The van der Waals surface area contributed by atoms with Gasteiger partial charge in [0, 0.05) is 30.9 Å². The zero-order chi connectivity index (χ0) is 13.1. The van der Waals surface area contributed by atoms with E-state index in [1.807, 2.05) is 0 Å². The van der Waals surface area contributed by atoms with Gasteiger partial charge in [-0.05, 0) is 49.9 Å². The number of benzene rings is 1. The molecule has 1 aromatic rings. The van der Waals surface area contributed by atoms with Gasteiger partial charge in [-0.3, -0.25) is 0 Å². The summed E-state index contributed by atoms with van der Waals surface area (Å²) in [5, 5.41) is 3.66. The molecular weight excluding hydrogens is 220 g/mol. The molecule has 2 nitrogen and oxygen atoms in total. The molecule has 1 saturated heterocycles. The van der Waals surface area contributed by atoms with E-state index in [0.29, 0.717) is 12.1 Å². The molecule has 0 amide bonds. The van der Waals surface area contributed by atoms with Crippen LogP contribution in [0.2, 0.25) is 0 Å². The second kappa shape index (κ2) is 5.75. The summed E-state index contributed by atoms with van der Waals surface area (Å²) in [7, 11) is 0. The van der Waals surface area contributed by atoms with Crippen molar-refractivity contribution in [3.05, 3.63) is 29.3 Å². The van der Waals surface area contributed by atoms with E-state index in [2.05, 4.69) is 56.1 Å². The maximum atomic E-state index is 3.66. The molecule has 0 aromatic heterocycles. The molecule has 2 rings (SSSR count). The average molecular weight is 246 g/mol. The highest BCUT2D eigenvalue weighted by Gasteiger charge is 2.26. The number of hydrogen-bond donors (Lipinski definition) is 1. The summed E-state index contributed by atoms with van der Waals surface area (Å²) in [5.74, 6) is 0. The Balaban J connectivity index is 2.26. The lowest BCUT2D eigenvalue weighted by atomic mass is 10.0. The molecule has 1 aliphatic heterocycles.